The molecule has 0 saturated carbocycles. The highest BCUT2D eigenvalue weighted by Gasteiger charge is 2.37. The molecule has 1 amide bonds. The molecule has 1 fully saturated rings. The highest BCUT2D eigenvalue weighted by molar-refractivity contribution is 5.82. The number of benzene rings is 3. The van der Waals surface area contributed by atoms with Crippen molar-refractivity contribution in [1.29, 1.82) is 0 Å². The Labute approximate surface area is 203 Å². The first-order chi connectivity index (χ1) is 16.6. The van der Waals surface area contributed by atoms with Crippen LogP contribution in [0.1, 0.15) is 36.0 Å². The van der Waals surface area contributed by atoms with Gasteiger partial charge in [-0.2, -0.15) is 0 Å². The van der Waals surface area contributed by atoms with E-state index in [9.17, 15) is 9.90 Å². The van der Waals surface area contributed by atoms with Crippen LogP contribution < -0.4 is 0 Å². The van der Waals surface area contributed by atoms with Crippen LogP contribution in [-0.4, -0.2) is 39.4 Å². The Hall–Kier alpha value is -3.37. The molecule has 2 atom stereocenters. The molecule has 0 aromatic heterocycles. The number of carbonyl (C=O) groups excluding carboxylic acids is 1. The van der Waals surface area contributed by atoms with Crippen molar-refractivity contribution in [2.24, 2.45) is 0 Å². The summed E-state index contributed by atoms with van der Waals surface area (Å²) >= 11 is 0. The minimum absolute atomic E-state index is 0.175. The van der Waals surface area contributed by atoms with Crippen LogP contribution in [0.4, 0.5) is 0 Å². The fourth-order valence-electron chi connectivity index (χ4n) is 4.86. The summed E-state index contributed by atoms with van der Waals surface area (Å²) in [6, 6.07) is 28.0. The molecule has 0 spiro atoms. The Morgan fingerprint density at radius 1 is 0.853 bits per heavy atom. The third kappa shape index (κ3) is 6.15. The largest absolute Gasteiger partial charge is 0.508 e. The normalized spacial score (nSPS) is 19.1. The maximum atomic E-state index is 14.1. The lowest BCUT2D eigenvalue weighted by atomic mass is 9.99. The van der Waals surface area contributed by atoms with E-state index in [1.165, 1.54) is 11.1 Å². The van der Waals surface area contributed by atoms with Gasteiger partial charge in [0.1, 0.15) is 5.75 Å². The van der Waals surface area contributed by atoms with Gasteiger partial charge in [0.05, 0.1) is 6.04 Å². The Bertz CT molecular complexity index is 1050. The lowest BCUT2D eigenvalue weighted by Gasteiger charge is -2.36. The molecule has 1 heterocycles. The second kappa shape index (κ2) is 11.7. The van der Waals surface area contributed by atoms with Crippen molar-refractivity contribution in [3.8, 4) is 5.75 Å². The molecule has 1 aliphatic rings. The molecule has 1 N–H and O–H groups in total. The average molecular weight is 455 g/mol. The molecule has 4 heteroatoms. The Balaban J connectivity index is 1.67. The summed E-state index contributed by atoms with van der Waals surface area (Å²) in [6.07, 6.45) is 5.51. The van der Waals surface area contributed by atoms with Gasteiger partial charge in [-0.15, -0.1) is 6.58 Å². The molecule has 0 radical (unpaired) electrons. The lowest BCUT2D eigenvalue weighted by molar-refractivity contribution is -0.136. The molecule has 4 rings (SSSR count). The summed E-state index contributed by atoms with van der Waals surface area (Å²) < 4.78 is 0. The fraction of sp³-hybridized carbons (Fsp3) is 0.300. The van der Waals surface area contributed by atoms with Crippen molar-refractivity contribution in [2.45, 2.75) is 50.9 Å². The maximum absolute atomic E-state index is 14.1. The number of hydrogen-bond acceptors (Lipinski definition) is 3. The van der Waals surface area contributed by atoms with Crippen molar-refractivity contribution in [3.05, 3.63) is 114 Å². The third-order valence-corrected chi connectivity index (χ3v) is 6.69. The predicted molar refractivity (Wildman–Crippen MR) is 137 cm³/mol. The van der Waals surface area contributed by atoms with Crippen molar-refractivity contribution < 1.29 is 9.90 Å². The molecule has 3 aromatic rings. The van der Waals surface area contributed by atoms with Crippen molar-refractivity contribution in [3.63, 3.8) is 0 Å². The Morgan fingerprint density at radius 2 is 1.47 bits per heavy atom. The van der Waals surface area contributed by atoms with Crippen LogP contribution in [0.3, 0.4) is 0 Å². The topological polar surface area (TPSA) is 43.8 Å². The van der Waals surface area contributed by atoms with E-state index in [1.807, 2.05) is 47.4 Å². The van der Waals surface area contributed by atoms with Gasteiger partial charge in [0.25, 0.3) is 0 Å². The van der Waals surface area contributed by atoms with Crippen LogP contribution >= 0.6 is 0 Å². The average Bonchev–Trinajstić information content (AvgIpc) is 2.98. The van der Waals surface area contributed by atoms with Gasteiger partial charge in [0, 0.05) is 25.7 Å². The highest BCUT2D eigenvalue weighted by Crippen LogP contribution is 2.27. The summed E-state index contributed by atoms with van der Waals surface area (Å²) in [7, 11) is 0. The van der Waals surface area contributed by atoms with E-state index in [2.05, 4.69) is 47.9 Å². The minimum Gasteiger partial charge on any atom is -0.508 e. The molecular weight excluding hydrogens is 420 g/mol. The molecule has 3 aromatic carbocycles. The van der Waals surface area contributed by atoms with E-state index in [-0.39, 0.29) is 17.7 Å². The van der Waals surface area contributed by atoms with E-state index >= 15 is 0 Å². The number of allylic oxidation sites excluding steroid dienone is 1. The molecule has 0 aliphatic carbocycles. The minimum atomic E-state index is -0.239. The Morgan fingerprint density at radius 3 is 2.12 bits per heavy atom. The van der Waals surface area contributed by atoms with Crippen LogP contribution in [0.25, 0.3) is 0 Å². The van der Waals surface area contributed by atoms with Gasteiger partial charge in [0.15, 0.2) is 0 Å². The monoisotopic (exact) mass is 454 g/mol. The van der Waals surface area contributed by atoms with Crippen molar-refractivity contribution in [2.75, 3.05) is 6.54 Å². The number of rotatable bonds is 9. The number of hydrogen-bond donors (Lipinski definition) is 1. The van der Waals surface area contributed by atoms with Crippen molar-refractivity contribution >= 4 is 5.91 Å². The summed E-state index contributed by atoms with van der Waals surface area (Å²) in [4.78, 5) is 18.5. The molecule has 0 bridgehead atoms. The van der Waals surface area contributed by atoms with Crippen molar-refractivity contribution in [1.82, 2.24) is 9.80 Å². The van der Waals surface area contributed by atoms with Crippen LogP contribution in [-0.2, 0) is 24.3 Å². The standard InChI is InChI=1S/C30H34N2O2/c1-2-3-14-27-19-20-31(22-26-15-17-28(33)18-16-26)30(34)29(21-24-10-6-4-7-11-24)32(27)23-25-12-8-5-9-13-25/h2,4-13,15-18,27,29,33H,1,3,14,19-23H2/t27-,29+/m1/s1. The van der Waals surface area contributed by atoms with Gasteiger partial charge in [0.2, 0.25) is 5.91 Å². The van der Waals surface area contributed by atoms with Crippen LogP contribution in [0, 0.1) is 0 Å². The summed E-state index contributed by atoms with van der Waals surface area (Å²) in [5.74, 6) is 0.417. The van der Waals surface area contributed by atoms with Gasteiger partial charge >= 0.3 is 0 Å². The van der Waals surface area contributed by atoms with Gasteiger partial charge in [-0.1, -0.05) is 78.9 Å². The third-order valence-electron chi connectivity index (χ3n) is 6.69. The van der Waals surface area contributed by atoms with Gasteiger partial charge in [-0.05, 0) is 54.5 Å². The molecule has 1 saturated heterocycles. The second-order valence-electron chi connectivity index (χ2n) is 9.10. The zero-order valence-corrected chi connectivity index (χ0v) is 19.7. The number of carbonyl (C=O) groups is 1. The lowest BCUT2D eigenvalue weighted by Crippen LogP contribution is -2.49. The molecule has 176 valence electrons. The number of phenolic OH excluding ortho intramolecular Hbond substituents is 1. The van der Waals surface area contributed by atoms with E-state index in [1.54, 1.807) is 12.1 Å². The number of phenols is 1. The molecule has 1 aliphatic heterocycles. The molecule has 34 heavy (non-hydrogen) atoms. The smallest absolute Gasteiger partial charge is 0.240 e. The number of nitrogens with zero attached hydrogens (tertiary/aromatic N) is 2. The molecule has 4 nitrogen and oxygen atoms in total. The first-order valence-corrected chi connectivity index (χ1v) is 12.1. The van der Waals surface area contributed by atoms with Crippen LogP contribution in [0.15, 0.2) is 97.6 Å². The SMILES string of the molecule is C=CCC[C@@H]1CCN(Cc2ccc(O)cc2)C(=O)[C@H](Cc2ccccc2)N1Cc1ccccc1. The van der Waals surface area contributed by atoms with Crippen LogP contribution in [0.2, 0.25) is 0 Å². The second-order valence-corrected chi connectivity index (χ2v) is 9.10. The highest BCUT2D eigenvalue weighted by atomic mass is 16.3. The van der Waals surface area contributed by atoms with E-state index in [0.29, 0.717) is 19.0 Å². The zero-order valence-electron chi connectivity index (χ0n) is 19.7. The number of aromatic hydroxyl groups is 1. The molecular formula is C30H34N2O2. The van der Waals surface area contributed by atoms with Gasteiger partial charge < -0.3 is 10.0 Å². The van der Waals surface area contributed by atoms with E-state index < -0.39 is 0 Å². The first kappa shape index (κ1) is 23.8. The molecule has 0 unspecified atom stereocenters. The summed E-state index contributed by atoms with van der Waals surface area (Å²) in [5, 5.41) is 9.66. The zero-order chi connectivity index (χ0) is 23.8. The van der Waals surface area contributed by atoms with Gasteiger partial charge in [-0.25, -0.2) is 0 Å². The Kier molecular flexibility index (Phi) is 8.16. The first-order valence-electron chi connectivity index (χ1n) is 12.1. The summed E-state index contributed by atoms with van der Waals surface area (Å²) in [5.41, 5.74) is 3.43. The fourth-order valence-corrected chi connectivity index (χ4v) is 4.86. The maximum Gasteiger partial charge on any atom is 0.240 e. The predicted octanol–water partition coefficient (Wildman–Crippen LogP) is 5.57. The van der Waals surface area contributed by atoms with E-state index in [4.69, 9.17) is 0 Å². The van der Waals surface area contributed by atoms with Gasteiger partial charge in [-0.3, -0.25) is 9.69 Å². The summed E-state index contributed by atoms with van der Waals surface area (Å²) in [6.45, 7) is 5.96. The van der Waals surface area contributed by atoms with Crippen LogP contribution in [0.5, 0.6) is 5.75 Å². The van der Waals surface area contributed by atoms with E-state index in [0.717, 1.165) is 37.9 Å². The number of amides is 1. The quantitative estimate of drug-likeness (QED) is 0.430.